The van der Waals surface area contributed by atoms with Crippen molar-refractivity contribution in [3.05, 3.63) is 11.0 Å². The van der Waals surface area contributed by atoms with Crippen molar-refractivity contribution in [3.8, 4) is 0 Å². The number of carboxylic acid groups (broad SMARTS) is 1. The van der Waals surface area contributed by atoms with Gasteiger partial charge in [-0.25, -0.2) is 14.8 Å². The lowest BCUT2D eigenvalue weighted by atomic mass is 10.2. The molecule has 0 spiro atoms. The van der Waals surface area contributed by atoms with Crippen LogP contribution in [0.25, 0.3) is 0 Å². The standard InChI is InChI=1S/C10H12ClN5O3/c1-4-13-7(11)6-8(14-4)12-3-5(15-10(18)19)9(17)16(6)2/h5,15H,3H2,1-2H3,(H,18,19)(H,12,13,14). The lowest BCUT2D eigenvalue weighted by Gasteiger charge is -2.20. The third-order valence-electron chi connectivity index (χ3n) is 2.69. The Hall–Kier alpha value is -2.09. The van der Waals surface area contributed by atoms with Gasteiger partial charge in [-0.2, -0.15) is 0 Å². The summed E-state index contributed by atoms with van der Waals surface area (Å²) in [5.41, 5.74) is 0.340. The highest BCUT2D eigenvalue weighted by molar-refractivity contribution is 6.33. The fraction of sp³-hybridized carbons (Fsp3) is 0.400. The molecule has 0 saturated heterocycles. The molecule has 0 fully saturated rings. The van der Waals surface area contributed by atoms with E-state index in [2.05, 4.69) is 20.6 Å². The number of carbonyl (C=O) groups excluding carboxylic acids is 1. The van der Waals surface area contributed by atoms with Crippen molar-refractivity contribution >= 4 is 35.1 Å². The maximum absolute atomic E-state index is 12.1. The first-order valence-corrected chi connectivity index (χ1v) is 5.83. The second kappa shape index (κ2) is 4.88. The lowest BCUT2D eigenvalue weighted by molar-refractivity contribution is -0.119. The number of hydrogen-bond donors (Lipinski definition) is 3. The van der Waals surface area contributed by atoms with Crippen LogP contribution in [0.3, 0.4) is 0 Å². The van der Waals surface area contributed by atoms with Crippen molar-refractivity contribution < 1.29 is 14.7 Å². The van der Waals surface area contributed by atoms with Crippen molar-refractivity contribution in [1.29, 1.82) is 0 Å². The fourth-order valence-corrected chi connectivity index (χ4v) is 2.18. The number of anilines is 2. The third kappa shape index (κ3) is 2.53. The normalized spacial score (nSPS) is 18.4. The number of nitrogens with one attached hydrogen (secondary N) is 2. The zero-order valence-corrected chi connectivity index (χ0v) is 11.0. The number of carbonyl (C=O) groups is 2. The van der Waals surface area contributed by atoms with Crippen LogP contribution >= 0.6 is 11.6 Å². The predicted octanol–water partition coefficient (Wildman–Crippen LogP) is 0.463. The predicted molar refractivity (Wildman–Crippen MR) is 68.6 cm³/mol. The van der Waals surface area contributed by atoms with Gasteiger partial charge in [-0.3, -0.25) is 4.79 Å². The number of hydrogen-bond acceptors (Lipinski definition) is 5. The number of amides is 2. The van der Waals surface area contributed by atoms with Gasteiger partial charge in [-0.15, -0.1) is 0 Å². The molecular formula is C10H12ClN5O3. The van der Waals surface area contributed by atoms with Crippen LogP contribution in [0.1, 0.15) is 5.82 Å². The van der Waals surface area contributed by atoms with E-state index in [0.717, 1.165) is 0 Å². The monoisotopic (exact) mass is 285 g/mol. The molecule has 3 N–H and O–H groups in total. The second-order valence-electron chi connectivity index (χ2n) is 4.04. The Bertz CT molecular complexity index is 550. The maximum atomic E-state index is 12.1. The average Bonchev–Trinajstić information content (AvgIpc) is 2.41. The Kier molecular flexibility index (Phi) is 3.43. The van der Waals surface area contributed by atoms with Crippen molar-refractivity contribution in [2.24, 2.45) is 0 Å². The highest BCUT2D eigenvalue weighted by atomic mass is 35.5. The van der Waals surface area contributed by atoms with E-state index in [9.17, 15) is 9.59 Å². The van der Waals surface area contributed by atoms with Crippen molar-refractivity contribution in [2.75, 3.05) is 23.8 Å². The summed E-state index contributed by atoms with van der Waals surface area (Å²) in [5.74, 6) is 0.438. The van der Waals surface area contributed by atoms with Crippen LogP contribution in [-0.2, 0) is 4.79 Å². The van der Waals surface area contributed by atoms with E-state index in [-0.39, 0.29) is 11.7 Å². The molecule has 0 aromatic carbocycles. The van der Waals surface area contributed by atoms with Crippen molar-refractivity contribution in [3.63, 3.8) is 0 Å². The molecule has 1 atom stereocenters. The van der Waals surface area contributed by atoms with Gasteiger partial charge >= 0.3 is 6.09 Å². The van der Waals surface area contributed by atoms with Gasteiger partial charge in [-0.1, -0.05) is 11.6 Å². The number of rotatable bonds is 1. The molecule has 102 valence electrons. The van der Waals surface area contributed by atoms with Gasteiger partial charge in [0.15, 0.2) is 11.0 Å². The topological polar surface area (TPSA) is 107 Å². The highest BCUT2D eigenvalue weighted by Gasteiger charge is 2.31. The molecule has 0 radical (unpaired) electrons. The van der Waals surface area contributed by atoms with E-state index < -0.39 is 18.0 Å². The van der Waals surface area contributed by atoms with Crippen LogP contribution in [0.15, 0.2) is 0 Å². The maximum Gasteiger partial charge on any atom is 0.405 e. The summed E-state index contributed by atoms with van der Waals surface area (Å²) in [6.45, 7) is 1.77. The Morgan fingerprint density at radius 3 is 2.89 bits per heavy atom. The molecular weight excluding hydrogens is 274 g/mol. The minimum Gasteiger partial charge on any atom is -0.465 e. The van der Waals surface area contributed by atoms with E-state index in [0.29, 0.717) is 17.3 Å². The minimum absolute atomic E-state index is 0.0925. The molecule has 2 amide bonds. The number of fused-ring (bicyclic) bond motifs is 1. The molecule has 9 heteroatoms. The molecule has 19 heavy (non-hydrogen) atoms. The average molecular weight is 286 g/mol. The van der Waals surface area contributed by atoms with E-state index >= 15 is 0 Å². The third-order valence-corrected chi connectivity index (χ3v) is 2.95. The molecule has 1 aromatic rings. The number of aryl methyl sites for hydroxylation is 1. The zero-order chi connectivity index (χ0) is 14.2. The summed E-state index contributed by atoms with van der Waals surface area (Å²) < 4.78 is 0. The van der Waals surface area contributed by atoms with Crippen molar-refractivity contribution in [2.45, 2.75) is 13.0 Å². The summed E-state index contributed by atoms with van der Waals surface area (Å²) >= 11 is 6.01. The molecule has 0 saturated carbocycles. The number of nitrogens with zero attached hydrogens (tertiary/aromatic N) is 3. The van der Waals surface area contributed by atoms with Crippen LogP contribution in [0, 0.1) is 6.92 Å². The first-order valence-electron chi connectivity index (χ1n) is 5.45. The fourth-order valence-electron chi connectivity index (χ4n) is 1.84. The Balaban J connectivity index is 2.41. The van der Waals surface area contributed by atoms with Gasteiger partial charge in [0.1, 0.15) is 17.6 Å². The van der Waals surface area contributed by atoms with Crippen LogP contribution < -0.4 is 15.5 Å². The smallest absolute Gasteiger partial charge is 0.405 e. The number of aromatic nitrogens is 2. The summed E-state index contributed by atoms with van der Waals surface area (Å²) in [6, 6.07) is -0.909. The quantitative estimate of drug-likeness (QED) is 0.647. The summed E-state index contributed by atoms with van der Waals surface area (Å²) in [5, 5.41) is 13.9. The Morgan fingerprint density at radius 1 is 1.58 bits per heavy atom. The number of likely N-dealkylation sites (N-methyl/N-ethyl adjacent to an activating group) is 1. The van der Waals surface area contributed by atoms with E-state index in [4.69, 9.17) is 16.7 Å². The second-order valence-corrected chi connectivity index (χ2v) is 4.40. The van der Waals surface area contributed by atoms with E-state index in [1.54, 1.807) is 6.92 Å². The molecule has 1 aliphatic rings. The van der Waals surface area contributed by atoms with Gasteiger partial charge in [0.05, 0.1) is 0 Å². The van der Waals surface area contributed by atoms with Gasteiger partial charge < -0.3 is 20.6 Å². The molecule has 1 aliphatic heterocycles. The molecule has 0 aliphatic carbocycles. The number of halogens is 1. The molecule has 0 bridgehead atoms. The van der Waals surface area contributed by atoms with Crippen molar-refractivity contribution in [1.82, 2.24) is 15.3 Å². The van der Waals surface area contributed by atoms with Gasteiger partial charge in [-0.05, 0) is 6.92 Å². The lowest BCUT2D eigenvalue weighted by Crippen LogP contribution is -2.49. The van der Waals surface area contributed by atoms with Gasteiger partial charge in [0.25, 0.3) is 5.91 Å². The Labute approximate surface area is 113 Å². The molecule has 1 unspecified atom stereocenters. The Morgan fingerprint density at radius 2 is 2.26 bits per heavy atom. The SMILES string of the molecule is Cc1nc(Cl)c2c(n1)NCC(NC(=O)O)C(=O)N2C. The molecule has 8 nitrogen and oxygen atoms in total. The summed E-state index contributed by atoms with van der Waals surface area (Å²) in [6.07, 6.45) is -1.27. The van der Waals surface area contributed by atoms with Crippen LogP contribution in [0.5, 0.6) is 0 Å². The van der Waals surface area contributed by atoms with E-state index in [1.807, 2.05) is 0 Å². The molecule has 2 heterocycles. The van der Waals surface area contributed by atoms with E-state index in [1.165, 1.54) is 11.9 Å². The van der Waals surface area contributed by atoms with Gasteiger partial charge in [0, 0.05) is 13.6 Å². The zero-order valence-electron chi connectivity index (χ0n) is 10.3. The van der Waals surface area contributed by atoms with Gasteiger partial charge in [0.2, 0.25) is 0 Å². The molecule has 1 aromatic heterocycles. The largest absolute Gasteiger partial charge is 0.465 e. The summed E-state index contributed by atoms with van der Waals surface area (Å²) in [4.78, 5) is 32.2. The summed E-state index contributed by atoms with van der Waals surface area (Å²) in [7, 11) is 1.50. The minimum atomic E-state index is -1.27. The first-order chi connectivity index (χ1) is 8.90. The van der Waals surface area contributed by atoms with Crippen LogP contribution in [-0.4, -0.2) is 46.7 Å². The van der Waals surface area contributed by atoms with Crippen LogP contribution in [0.4, 0.5) is 16.3 Å². The first kappa shape index (κ1) is 13.3. The molecule has 2 rings (SSSR count). The highest BCUT2D eigenvalue weighted by Crippen LogP contribution is 2.32. The van der Waals surface area contributed by atoms with Crippen LogP contribution in [0.2, 0.25) is 5.15 Å².